The van der Waals surface area contributed by atoms with Crippen molar-refractivity contribution in [3.8, 4) is 11.5 Å². The highest BCUT2D eigenvalue weighted by Crippen LogP contribution is 2.39. The molecule has 0 unspecified atom stereocenters. The zero-order chi connectivity index (χ0) is 24.1. The molecule has 0 saturated carbocycles. The summed E-state index contributed by atoms with van der Waals surface area (Å²) >= 11 is 7.39. The van der Waals surface area contributed by atoms with Gasteiger partial charge in [-0.2, -0.15) is 0 Å². The molecule has 1 fully saturated rings. The van der Waals surface area contributed by atoms with Crippen LogP contribution in [0.2, 0.25) is 5.02 Å². The van der Waals surface area contributed by atoms with Gasteiger partial charge in [0.25, 0.3) is 5.91 Å². The third-order valence-electron chi connectivity index (χ3n) is 4.41. The minimum atomic E-state index is -1.16. The molecule has 2 N–H and O–H groups in total. The minimum absolute atomic E-state index is 0.0878. The number of halogens is 1. The van der Waals surface area contributed by atoms with Crippen LogP contribution in [-0.2, 0) is 9.59 Å². The SMILES string of the molecule is CCN1C(=O)C(=Cc2cc(Cl)c(OCC(=O)O)c(OC)c2)SC1=Nc1cccc(C(=O)O)c1. The highest BCUT2D eigenvalue weighted by molar-refractivity contribution is 8.18. The molecule has 33 heavy (non-hydrogen) atoms. The molecule has 2 aromatic rings. The van der Waals surface area contributed by atoms with Crippen molar-refractivity contribution in [3.63, 3.8) is 0 Å². The summed E-state index contributed by atoms with van der Waals surface area (Å²) in [4.78, 5) is 41.2. The normalized spacial score (nSPS) is 15.8. The van der Waals surface area contributed by atoms with Crippen LogP contribution in [0.25, 0.3) is 6.08 Å². The summed E-state index contributed by atoms with van der Waals surface area (Å²) in [6.45, 7) is 1.59. The second-order valence-electron chi connectivity index (χ2n) is 6.63. The number of carboxylic acid groups (broad SMARTS) is 2. The number of ether oxygens (including phenoxy) is 2. The maximum atomic E-state index is 12.9. The van der Waals surface area contributed by atoms with Crippen LogP contribution < -0.4 is 9.47 Å². The van der Waals surface area contributed by atoms with Crippen molar-refractivity contribution >= 4 is 58.1 Å². The molecule has 2 aromatic carbocycles. The van der Waals surface area contributed by atoms with Crippen molar-refractivity contribution in [2.24, 2.45) is 4.99 Å². The van der Waals surface area contributed by atoms with Gasteiger partial charge in [0.05, 0.1) is 28.3 Å². The summed E-state index contributed by atoms with van der Waals surface area (Å²) < 4.78 is 10.5. The van der Waals surface area contributed by atoms with Crippen molar-refractivity contribution in [1.82, 2.24) is 4.90 Å². The molecule has 1 heterocycles. The van der Waals surface area contributed by atoms with Crippen LogP contribution in [0.5, 0.6) is 11.5 Å². The van der Waals surface area contributed by atoms with E-state index in [1.165, 1.54) is 30.2 Å². The molecule has 172 valence electrons. The topological polar surface area (TPSA) is 126 Å². The Kier molecular flexibility index (Phi) is 7.62. The molecule has 0 atom stereocenters. The monoisotopic (exact) mass is 490 g/mol. The Balaban J connectivity index is 1.94. The van der Waals surface area contributed by atoms with Crippen LogP contribution in [0.15, 0.2) is 46.3 Å². The molecule has 1 amide bonds. The first-order valence-corrected chi connectivity index (χ1v) is 10.8. The van der Waals surface area contributed by atoms with Crippen LogP contribution >= 0.6 is 23.4 Å². The van der Waals surface area contributed by atoms with Gasteiger partial charge in [0.15, 0.2) is 23.3 Å². The molecule has 0 spiro atoms. The number of benzene rings is 2. The van der Waals surface area contributed by atoms with E-state index < -0.39 is 18.5 Å². The van der Waals surface area contributed by atoms with Crippen molar-refractivity contribution < 1.29 is 34.1 Å². The molecule has 1 saturated heterocycles. The zero-order valence-electron chi connectivity index (χ0n) is 17.6. The first-order valence-electron chi connectivity index (χ1n) is 9.59. The molecule has 0 radical (unpaired) electrons. The van der Waals surface area contributed by atoms with E-state index in [1.54, 1.807) is 31.2 Å². The Hall–Kier alpha value is -3.50. The molecule has 1 aliphatic rings. The maximum absolute atomic E-state index is 12.9. The largest absolute Gasteiger partial charge is 0.493 e. The smallest absolute Gasteiger partial charge is 0.341 e. The number of amidine groups is 1. The molecule has 3 rings (SSSR count). The number of nitrogens with zero attached hydrogens (tertiary/aromatic N) is 2. The van der Waals surface area contributed by atoms with Crippen LogP contribution in [0.1, 0.15) is 22.8 Å². The van der Waals surface area contributed by atoms with Crippen molar-refractivity contribution in [3.05, 3.63) is 57.5 Å². The Bertz CT molecular complexity index is 1180. The average molecular weight is 491 g/mol. The van der Waals surface area contributed by atoms with Gasteiger partial charge in [-0.15, -0.1) is 0 Å². The quantitative estimate of drug-likeness (QED) is 0.529. The Morgan fingerprint density at radius 3 is 2.64 bits per heavy atom. The van der Waals surface area contributed by atoms with E-state index in [-0.39, 0.29) is 28.0 Å². The highest BCUT2D eigenvalue weighted by Gasteiger charge is 2.32. The predicted octanol–water partition coefficient (Wildman–Crippen LogP) is 4.13. The Morgan fingerprint density at radius 2 is 2.00 bits per heavy atom. The molecule has 9 nitrogen and oxygen atoms in total. The van der Waals surface area contributed by atoms with Gasteiger partial charge in [0.2, 0.25) is 0 Å². The fraction of sp³-hybridized carbons (Fsp3) is 0.182. The molecule has 11 heteroatoms. The summed E-state index contributed by atoms with van der Waals surface area (Å²) in [7, 11) is 1.39. The van der Waals surface area contributed by atoms with E-state index in [2.05, 4.69) is 4.99 Å². The molecule has 0 aromatic heterocycles. The summed E-state index contributed by atoms with van der Waals surface area (Å²) in [6.07, 6.45) is 1.61. The van der Waals surface area contributed by atoms with Crippen LogP contribution in [0.3, 0.4) is 0 Å². The average Bonchev–Trinajstić information content (AvgIpc) is 3.06. The summed E-state index contributed by atoms with van der Waals surface area (Å²) in [6, 6.07) is 9.23. The minimum Gasteiger partial charge on any atom is -0.493 e. The second kappa shape index (κ2) is 10.4. The third kappa shape index (κ3) is 5.65. The van der Waals surface area contributed by atoms with Crippen LogP contribution in [0.4, 0.5) is 5.69 Å². The number of amides is 1. The van der Waals surface area contributed by atoms with E-state index in [1.807, 2.05) is 0 Å². The molecule has 0 aliphatic carbocycles. The lowest BCUT2D eigenvalue weighted by molar-refractivity contribution is -0.139. The van der Waals surface area contributed by atoms with Gasteiger partial charge < -0.3 is 19.7 Å². The van der Waals surface area contributed by atoms with Gasteiger partial charge in [-0.05, 0) is 60.7 Å². The maximum Gasteiger partial charge on any atom is 0.341 e. The molecule has 1 aliphatic heterocycles. The molecular formula is C22H19ClN2O7S. The number of carbonyl (C=O) groups excluding carboxylic acids is 1. The number of rotatable bonds is 8. The van der Waals surface area contributed by atoms with Crippen molar-refractivity contribution in [2.75, 3.05) is 20.3 Å². The standard InChI is InChI=1S/C22H19ClN2O7S/c1-3-25-20(28)17(33-22(25)24-14-6-4-5-13(10-14)21(29)30)9-12-7-15(23)19(16(8-12)31-2)32-11-18(26)27/h4-10H,3,11H2,1-2H3,(H,26,27)(H,29,30). The number of methoxy groups -OCH3 is 1. The van der Waals surface area contributed by atoms with E-state index in [9.17, 15) is 19.5 Å². The fourth-order valence-electron chi connectivity index (χ4n) is 2.94. The first kappa shape index (κ1) is 24.1. The van der Waals surface area contributed by atoms with Crippen molar-refractivity contribution in [2.45, 2.75) is 6.92 Å². The second-order valence-corrected chi connectivity index (χ2v) is 8.04. The lowest BCUT2D eigenvalue weighted by Gasteiger charge is -2.12. The van der Waals surface area contributed by atoms with Crippen LogP contribution in [-0.4, -0.2) is 58.4 Å². The summed E-state index contributed by atoms with van der Waals surface area (Å²) in [5.74, 6) is -2.19. The van der Waals surface area contributed by atoms with E-state index in [4.69, 9.17) is 26.2 Å². The number of carboxylic acids is 2. The van der Waals surface area contributed by atoms with Crippen molar-refractivity contribution in [1.29, 1.82) is 0 Å². The van der Waals surface area contributed by atoms with Gasteiger partial charge >= 0.3 is 11.9 Å². The number of hydrogen-bond acceptors (Lipinski definition) is 7. The van der Waals surface area contributed by atoms with Gasteiger partial charge in [-0.25, -0.2) is 14.6 Å². The first-order chi connectivity index (χ1) is 15.7. The van der Waals surface area contributed by atoms with E-state index in [0.29, 0.717) is 27.9 Å². The number of aromatic carboxylic acids is 1. The molecule has 0 bridgehead atoms. The number of aliphatic carboxylic acids is 1. The number of aliphatic imine (C=N–C) groups is 1. The number of likely N-dealkylation sites (N-methyl/N-ethyl adjacent to an activating group) is 1. The Morgan fingerprint density at radius 1 is 1.24 bits per heavy atom. The zero-order valence-corrected chi connectivity index (χ0v) is 19.1. The molecular weight excluding hydrogens is 472 g/mol. The predicted molar refractivity (Wildman–Crippen MR) is 125 cm³/mol. The number of hydrogen-bond donors (Lipinski definition) is 2. The van der Waals surface area contributed by atoms with Gasteiger partial charge in [0, 0.05) is 6.54 Å². The number of carbonyl (C=O) groups is 3. The third-order valence-corrected chi connectivity index (χ3v) is 5.70. The van der Waals surface area contributed by atoms with E-state index in [0.717, 1.165) is 11.8 Å². The van der Waals surface area contributed by atoms with Gasteiger partial charge in [-0.1, -0.05) is 17.7 Å². The lowest BCUT2D eigenvalue weighted by atomic mass is 10.1. The van der Waals surface area contributed by atoms with Gasteiger partial charge in [-0.3, -0.25) is 9.69 Å². The Labute approximate surface area is 198 Å². The van der Waals surface area contributed by atoms with E-state index >= 15 is 0 Å². The number of thioether (sulfide) groups is 1. The summed E-state index contributed by atoms with van der Waals surface area (Å²) in [5.41, 5.74) is 1.05. The van der Waals surface area contributed by atoms with Gasteiger partial charge in [0.1, 0.15) is 0 Å². The fourth-order valence-corrected chi connectivity index (χ4v) is 4.27. The van der Waals surface area contributed by atoms with Crippen LogP contribution in [0, 0.1) is 0 Å². The summed E-state index contributed by atoms with van der Waals surface area (Å²) in [5, 5.41) is 18.5. The highest BCUT2D eigenvalue weighted by atomic mass is 35.5. The lowest BCUT2D eigenvalue weighted by Crippen LogP contribution is -2.28.